The third-order valence-corrected chi connectivity index (χ3v) is 6.85. The van der Waals surface area contributed by atoms with Crippen molar-refractivity contribution >= 4 is 12.3 Å². The fourth-order valence-electron chi connectivity index (χ4n) is 5.11. The van der Waals surface area contributed by atoms with Gasteiger partial charge in [0.25, 0.3) is 0 Å². The highest BCUT2D eigenvalue weighted by molar-refractivity contribution is 5.88. The summed E-state index contributed by atoms with van der Waals surface area (Å²) in [5.74, 6) is 0.239. The van der Waals surface area contributed by atoms with Crippen LogP contribution in [0, 0.1) is 22.7 Å². The van der Waals surface area contributed by atoms with Crippen LogP contribution in [-0.4, -0.2) is 17.4 Å². The van der Waals surface area contributed by atoms with Crippen LogP contribution in [0.15, 0.2) is 23.3 Å². The first-order chi connectivity index (χ1) is 10.8. The van der Waals surface area contributed by atoms with Gasteiger partial charge >= 0.3 is 5.97 Å². The first kappa shape index (κ1) is 18.0. The number of carbonyl (C=O) groups excluding carboxylic acids is 1. The van der Waals surface area contributed by atoms with Gasteiger partial charge in [-0.1, -0.05) is 32.4 Å². The molecule has 3 nitrogen and oxygen atoms in total. The minimum absolute atomic E-state index is 0.125. The van der Waals surface area contributed by atoms with E-state index < -0.39 is 5.97 Å². The summed E-state index contributed by atoms with van der Waals surface area (Å²) in [6, 6.07) is 0. The summed E-state index contributed by atoms with van der Waals surface area (Å²) in [5.41, 5.74) is 1.66. The second-order valence-corrected chi connectivity index (χ2v) is 8.06. The molecule has 2 rings (SSSR count). The van der Waals surface area contributed by atoms with Gasteiger partial charge in [-0.05, 0) is 68.8 Å². The zero-order chi connectivity index (χ0) is 17.3. The van der Waals surface area contributed by atoms with E-state index >= 15 is 0 Å². The number of rotatable bonds is 5. The molecule has 128 valence electrons. The van der Waals surface area contributed by atoms with Gasteiger partial charge in [0.1, 0.15) is 6.29 Å². The monoisotopic (exact) mass is 318 g/mol. The lowest BCUT2D eigenvalue weighted by molar-refractivity contribution is -0.137. The third kappa shape index (κ3) is 3.15. The molecule has 0 aromatic carbocycles. The van der Waals surface area contributed by atoms with Crippen LogP contribution in [0.2, 0.25) is 0 Å². The molecule has 0 aromatic rings. The number of carboxylic acid groups (broad SMARTS) is 1. The molecule has 2 aliphatic carbocycles. The zero-order valence-corrected chi connectivity index (χ0v) is 14.9. The minimum Gasteiger partial charge on any atom is -0.478 e. The lowest BCUT2D eigenvalue weighted by atomic mass is 9.46. The number of hydrogen-bond donors (Lipinski definition) is 1. The van der Waals surface area contributed by atoms with E-state index in [1.807, 2.05) is 13.0 Å². The maximum Gasteiger partial charge on any atom is 0.331 e. The smallest absolute Gasteiger partial charge is 0.331 e. The van der Waals surface area contributed by atoms with Crippen molar-refractivity contribution in [2.45, 2.75) is 66.2 Å². The Labute approximate surface area is 139 Å². The van der Waals surface area contributed by atoms with Crippen LogP contribution in [0.1, 0.15) is 66.2 Å². The predicted octanol–water partition coefficient (Wildman–Crippen LogP) is 4.78. The van der Waals surface area contributed by atoms with Gasteiger partial charge in [-0.25, -0.2) is 4.79 Å². The summed E-state index contributed by atoms with van der Waals surface area (Å²) in [7, 11) is 0. The third-order valence-electron chi connectivity index (χ3n) is 6.85. The van der Waals surface area contributed by atoms with E-state index in [2.05, 4.69) is 20.8 Å². The fourth-order valence-corrected chi connectivity index (χ4v) is 5.11. The van der Waals surface area contributed by atoms with E-state index in [4.69, 9.17) is 0 Å². The summed E-state index contributed by atoms with van der Waals surface area (Å²) in [5, 5.41) is 9.65. The summed E-state index contributed by atoms with van der Waals surface area (Å²) >= 11 is 0. The molecule has 2 aliphatic rings. The van der Waals surface area contributed by atoms with Crippen LogP contribution in [0.25, 0.3) is 0 Å². The molecule has 1 N–H and O–H groups in total. The van der Waals surface area contributed by atoms with Crippen LogP contribution in [0.5, 0.6) is 0 Å². The Morgan fingerprint density at radius 1 is 1.39 bits per heavy atom. The van der Waals surface area contributed by atoms with Crippen LogP contribution in [0.4, 0.5) is 0 Å². The Kier molecular flexibility index (Phi) is 5.17. The van der Waals surface area contributed by atoms with E-state index in [0.717, 1.165) is 50.4 Å². The molecular formula is C20H30O3. The molecule has 23 heavy (non-hydrogen) atoms. The molecule has 0 spiro atoms. The molecule has 0 unspecified atom stereocenters. The van der Waals surface area contributed by atoms with Crippen LogP contribution >= 0.6 is 0 Å². The van der Waals surface area contributed by atoms with Gasteiger partial charge in [0.05, 0.1) is 0 Å². The van der Waals surface area contributed by atoms with Crippen LogP contribution in [-0.2, 0) is 9.59 Å². The van der Waals surface area contributed by atoms with Crippen molar-refractivity contribution in [3.05, 3.63) is 23.3 Å². The van der Waals surface area contributed by atoms with Crippen LogP contribution in [0.3, 0.4) is 0 Å². The molecule has 3 heteroatoms. The topological polar surface area (TPSA) is 54.4 Å². The Morgan fingerprint density at radius 2 is 2.09 bits per heavy atom. The van der Waals surface area contributed by atoms with Crippen molar-refractivity contribution in [1.29, 1.82) is 0 Å². The van der Waals surface area contributed by atoms with E-state index in [9.17, 15) is 14.7 Å². The molecule has 0 heterocycles. The molecular weight excluding hydrogens is 288 g/mol. The molecule has 0 radical (unpaired) electrons. The number of carbonyl (C=O) groups is 2. The van der Waals surface area contributed by atoms with E-state index in [0.29, 0.717) is 17.4 Å². The van der Waals surface area contributed by atoms with Crippen molar-refractivity contribution in [3.63, 3.8) is 0 Å². The maximum atomic E-state index is 11.7. The highest BCUT2D eigenvalue weighted by Gasteiger charge is 2.55. The van der Waals surface area contributed by atoms with E-state index in [-0.39, 0.29) is 10.8 Å². The summed E-state index contributed by atoms with van der Waals surface area (Å²) in [4.78, 5) is 22.4. The average molecular weight is 318 g/mol. The molecule has 0 aromatic heterocycles. The molecule has 0 aliphatic heterocycles. The van der Waals surface area contributed by atoms with E-state index in [1.54, 1.807) is 6.08 Å². The quantitative estimate of drug-likeness (QED) is 0.586. The Bertz CT molecular complexity index is 545. The van der Waals surface area contributed by atoms with Gasteiger partial charge in [0.2, 0.25) is 0 Å². The maximum absolute atomic E-state index is 11.7. The van der Waals surface area contributed by atoms with Crippen molar-refractivity contribution in [2.24, 2.45) is 22.7 Å². The highest BCUT2D eigenvalue weighted by Crippen LogP contribution is 2.62. The lowest BCUT2D eigenvalue weighted by Crippen LogP contribution is -2.51. The molecule has 1 saturated carbocycles. The molecule has 0 bridgehead atoms. The number of hydrogen-bond acceptors (Lipinski definition) is 2. The summed E-state index contributed by atoms with van der Waals surface area (Å²) in [6.07, 6.45) is 10.4. The number of allylic oxidation sites excluding steroid dienone is 3. The van der Waals surface area contributed by atoms with Crippen LogP contribution < -0.4 is 0 Å². The summed E-state index contributed by atoms with van der Waals surface area (Å²) in [6.45, 7) is 8.83. The minimum atomic E-state index is -0.744. The number of aliphatic carboxylic acids is 1. The fraction of sp³-hybridized carbons (Fsp3) is 0.700. The largest absolute Gasteiger partial charge is 0.478 e. The summed E-state index contributed by atoms with van der Waals surface area (Å²) < 4.78 is 0. The Balaban J connectivity index is 2.32. The number of aldehydes is 1. The zero-order valence-electron chi connectivity index (χ0n) is 14.9. The lowest BCUT2D eigenvalue weighted by Gasteiger charge is -2.57. The second kappa shape index (κ2) is 6.62. The van der Waals surface area contributed by atoms with Gasteiger partial charge in [0, 0.05) is 11.0 Å². The normalized spacial score (nSPS) is 37.7. The van der Waals surface area contributed by atoms with Gasteiger partial charge in [-0.15, -0.1) is 0 Å². The Morgan fingerprint density at radius 3 is 2.70 bits per heavy atom. The molecule has 0 amide bonds. The predicted molar refractivity (Wildman–Crippen MR) is 92.1 cm³/mol. The molecule has 4 atom stereocenters. The van der Waals surface area contributed by atoms with E-state index in [1.165, 1.54) is 0 Å². The van der Waals surface area contributed by atoms with Crippen molar-refractivity contribution < 1.29 is 14.7 Å². The number of carboxylic acids is 1. The molecule has 0 saturated heterocycles. The molecule has 1 fully saturated rings. The Hall–Kier alpha value is -1.38. The van der Waals surface area contributed by atoms with Gasteiger partial charge in [-0.3, -0.25) is 4.79 Å². The second-order valence-electron chi connectivity index (χ2n) is 8.06. The first-order valence-electron chi connectivity index (χ1n) is 8.80. The van der Waals surface area contributed by atoms with Gasteiger partial charge < -0.3 is 5.11 Å². The van der Waals surface area contributed by atoms with Gasteiger partial charge in [0.15, 0.2) is 0 Å². The van der Waals surface area contributed by atoms with Crippen molar-refractivity contribution in [3.8, 4) is 0 Å². The standard InChI is InChI=1S/C20H30O3/c1-14(10-13-21)8-11-19(3)15(2)9-12-20(4)16(18(22)23)6-5-7-17(19)20/h6,10,13,15,17H,5,7-9,11-12H2,1-4H3,(H,22,23)/b14-10+/t15-,17-,19+,20+/m0/s1. The number of fused-ring (bicyclic) bond motifs is 1. The van der Waals surface area contributed by atoms with Crippen molar-refractivity contribution in [2.75, 3.05) is 0 Å². The van der Waals surface area contributed by atoms with Crippen molar-refractivity contribution in [1.82, 2.24) is 0 Å². The first-order valence-corrected chi connectivity index (χ1v) is 8.80. The SMILES string of the molecule is C/C(=C\C=O)CC[C@]1(C)[C@@H](C)CC[C@]2(C)C(C(=O)O)=CCC[C@@H]12. The van der Waals surface area contributed by atoms with Gasteiger partial charge in [-0.2, -0.15) is 0 Å². The average Bonchev–Trinajstić information content (AvgIpc) is 2.49. The highest BCUT2D eigenvalue weighted by atomic mass is 16.4.